The van der Waals surface area contributed by atoms with E-state index in [1.54, 1.807) is 50.2 Å². The molecule has 0 bridgehead atoms. The van der Waals surface area contributed by atoms with Gasteiger partial charge >= 0.3 is 11.9 Å². The van der Waals surface area contributed by atoms with Crippen molar-refractivity contribution in [2.45, 2.75) is 32.5 Å². The number of carbonyl (C=O) groups excluding carboxylic acids is 3. The van der Waals surface area contributed by atoms with E-state index < -0.39 is 30.6 Å². The molecule has 0 N–H and O–H groups in total. The average Bonchev–Trinajstić information content (AvgIpc) is 3.08. The highest BCUT2D eigenvalue weighted by molar-refractivity contribution is 6.08. The Bertz CT molecular complexity index is 1170. The van der Waals surface area contributed by atoms with Gasteiger partial charge in [-0.1, -0.05) is 43.5 Å². The number of ketones is 1. The average molecular weight is 645 g/mol. The number of esters is 2. The number of hydrogen-bond acceptors (Lipinski definition) is 12. The van der Waals surface area contributed by atoms with Crippen molar-refractivity contribution in [2.24, 2.45) is 0 Å². The largest absolute Gasteiger partial charge is 0.491 e. The van der Waals surface area contributed by atoms with Crippen molar-refractivity contribution in [2.75, 3.05) is 66.1 Å². The molecule has 12 nitrogen and oxygen atoms in total. The van der Waals surface area contributed by atoms with Crippen LogP contribution in [0.5, 0.6) is 5.75 Å². The van der Waals surface area contributed by atoms with Crippen LogP contribution in [0.3, 0.4) is 0 Å². The molecular weight excluding hydrogens is 600 g/mol. The van der Waals surface area contributed by atoms with E-state index in [0.29, 0.717) is 16.9 Å². The van der Waals surface area contributed by atoms with E-state index in [1.165, 1.54) is 0 Å². The molecule has 0 heterocycles. The van der Waals surface area contributed by atoms with Crippen LogP contribution in [-0.4, -0.2) is 102 Å². The van der Waals surface area contributed by atoms with Crippen molar-refractivity contribution in [1.29, 1.82) is 0 Å². The first kappa shape index (κ1) is 38.3. The summed E-state index contributed by atoms with van der Waals surface area (Å²) in [5.41, 5.74) is 1.15. The van der Waals surface area contributed by atoms with E-state index in [-0.39, 0.29) is 71.9 Å². The molecule has 2 aromatic rings. The molecular formula is C34H44O12. The molecule has 0 aliphatic rings. The Kier molecular flexibility index (Phi) is 19.5. The highest BCUT2D eigenvalue weighted by Gasteiger charge is 2.18. The predicted octanol–water partition coefficient (Wildman–Crippen LogP) is 3.92. The lowest BCUT2D eigenvalue weighted by atomic mass is 10.0. The third kappa shape index (κ3) is 17.0. The Morgan fingerprint density at radius 2 is 1.15 bits per heavy atom. The highest BCUT2D eigenvalue weighted by atomic mass is 16.7. The lowest BCUT2D eigenvalue weighted by Crippen LogP contribution is -2.34. The molecule has 0 amide bonds. The van der Waals surface area contributed by atoms with Crippen molar-refractivity contribution in [3.8, 4) is 5.75 Å². The first-order valence-corrected chi connectivity index (χ1v) is 14.9. The summed E-state index contributed by atoms with van der Waals surface area (Å²) < 4.78 is 49.6. The summed E-state index contributed by atoms with van der Waals surface area (Å²) in [7, 11) is 0. The van der Waals surface area contributed by atoms with Gasteiger partial charge in [0, 0.05) is 23.3 Å². The molecule has 2 aromatic carbocycles. The van der Waals surface area contributed by atoms with Crippen molar-refractivity contribution in [3.63, 3.8) is 0 Å². The Hall–Kier alpha value is -3.91. The number of hydrogen-bond donors (Lipinski definition) is 0. The van der Waals surface area contributed by atoms with Gasteiger partial charge in [-0.15, -0.1) is 0 Å². The van der Waals surface area contributed by atoms with E-state index in [9.17, 15) is 14.4 Å². The molecule has 0 aliphatic carbocycles. The van der Waals surface area contributed by atoms with E-state index in [4.69, 9.17) is 42.6 Å². The predicted molar refractivity (Wildman–Crippen MR) is 167 cm³/mol. The van der Waals surface area contributed by atoms with Gasteiger partial charge in [0.25, 0.3) is 0 Å². The summed E-state index contributed by atoms with van der Waals surface area (Å²) in [6.45, 7) is 12.2. The van der Waals surface area contributed by atoms with Gasteiger partial charge in [-0.25, -0.2) is 9.59 Å². The van der Waals surface area contributed by atoms with Crippen LogP contribution in [-0.2, 0) is 47.5 Å². The minimum atomic E-state index is -0.620. The minimum absolute atomic E-state index is 0.0787. The van der Waals surface area contributed by atoms with Crippen LogP contribution in [0, 0.1) is 0 Å². The molecule has 0 aliphatic heterocycles. The lowest BCUT2D eigenvalue weighted by Gasteiger charge is -2.24. The summed E-state index contributed by atoms with van der Waals surface area (Å²) in [6.07, 6.45) is 0.443. The summed E-state index contributed by atoms with van der Waals surface area (Å²) in [5, 5.41) is 0. The van der Waals surface area contributed by atoms with Crippen LogP contribution in [0.4, 0.5) is 0 Å². The molecule has 252 valence electrons. The Morgan fingerprint density at radius 3 is 1.72 bits per heavy atom. The summed E-state index contributed by atoms with van der Waals surface area (Å²) in [5.74, 6) is -0.539. The summed E-state index contributed by atoms with van der Waals surface area (Å²) in [6, 6.07) is 15.9. The highest BCUT2D eigenvalue weighted by Crippen LogP contribution is 2.17. The first-order chi connectivity index (χ1) is 22.3. The van der Waals surface area contributed by atoms with Crippen molar-refractivity contribution in [3.05, 3.63) is 91.0 Å². The summed E-state index contributed by atoms with van der Waals surface area (Å²) in [4.78, 5) is 34.8. The van der Waals surface area contributed by atoms with Gasteiger partial charge in [0.05, 0.1) is 46.2 Å². The maximum absolute atomic E-state index is 12.7. The quantitative estimate of drug-likeness (QED) is 0.0483. The van der Waals surface area contributed by atoms with Crippen LogP contribution in [0.25, 0.3) is 0 Å². The maximum Gasteiger partial charge on any atom is 0.330 e. The van der Waals surface area contributed by atoms with Gasteiger partial charge in [-0.05, 0) is 38.1 Å². The van der Waals surface area contributed by atoms with Gasteiger partial charge < -0.3 is 42.6 Å². The van der Waals surface area contributed by atoms with Crippen LogP contribution in [0.1, 0.15) is 29.8 Å². The second kappa shape index (κ2) is 23.4. The molecule has 0 saturated heterocycles. The van der Waals surface area contributed by atoms with Gasteiger partial charge in [0.2, 0.25) is 0 Å². The fourth-order valence-corrected chi connectivity index (χ4v) is 3.65. The van der Waals surface area contributed by atoms with Crippen molar-refractivity contribution < 1.29 is 57.0 Å². The van der Waals surface area contributed by atoms with E-state index >= 15 is 0 Å². The van der Waals surface area contributed by atoms with E-state index in [2.05, 4.69) is 13.2 Å². The number of benzene rings is 2. The number of rotatable bonds is 26. The number of ether oxygens (including phenoxy) is 9. The third-order valence-electron chi connectivity index (χ3n) is 5.93. The molecule has 3 unspecified atom stereocenters. The van der Waals surface area contributed by atoms with E-state index in [0.717, 1.165) is 12.2 Å². The zero-order valence-corrected chi connectivity index (χ0v) is 26.5. The topological polar surface area (TPSA) is 134 Å². The molecule has 3 atom stereocenters. The van der Waals surface area contributed by atoms with Gasteiger partial charge in [-0.3, -0.25) is 4.79 Å². The first-order valence-electron chi connectivity index (χ1n) is 14.9. The second-order valence-electron chi connectivity index (χ2n) is 9.47. The van der Waals surface area contributed by atoms with Crippen molar-refractivity contribution in [1.82, 2.24) is 0 Å². The SMILES string of the molecule is C=CC(=O)OCCOCCOC(C)OCC(COc1ccc(C(=O)c2ccccc2)cc1)OC(C)OCCOCCOC(=O)C=C. The fourth-order valence-electron chi connectivity index (χ4n) is 3.65. The molecule has 0 radical (unpaired) electrons. The Balaban J connectivity index is 1.81. The normalized spacial score (nSPS) is 12.8. The monoisotopic (exact) mass is 644 g/mol. The third-order valence-corrected chi connectivity index (χ3v) is 5.93. The summed E-state index contributed by atoms with van der Waals surface area (Å²) >= 11 is 0. The lowest BCUT2D eigenvalue weighted by molar-refractivity contribution is -0.208. The molecule has 0 fully saturated rings. The van der Waals surface area contributed by atoms with Crippen molar-refractivity contribution >= 4 is 17.7 Å². The second-order valence-corrected chi connectivity index (χ2v) is 9.47. The minimum Gasteiger partial charge on any atom is -0.491 e. The number of carbonyl (C=O) groups is 3. The van der Waals surface area contributed by atoms with Crippen LogP contribution >= 0.6 is 0 Å². The van der Waals surface area contributed by atoms with Gasteiger partial charge in [0.1, 0.15) is 31.7 Å². The Morgan fingerprint density at radius 1 is 0.630 bits per heavy atom. The Labute approximate surface area is 270 Å². The zero-order valence-electron chi connectivity index (χ0n) is 26.5. The smallest absolute Gasteiger partial charge is 0.330 e. The van der Waals surface area contributed by atoms with Gasteiger partial charge in [-0.2, -0.15) is 0 Å². The van der Waals surface area contributed by atoms with Gasteiger partial charge in [0.15, 0.2) is 18.4 Å². The van der Waals surface area contributed by atoms with Crippen LogP contribution in [0.15, 0.2) is 79.9 Å². The molecule has 46 heavy (non-hydrogen) atoms. The standard InChI is InChI=1S/C34H44O12/c1-5-32(35)42-22-18-38-16-20-40-26(3)44-24-31(46-27(4)41-21-17-39-19-23-43-33(36)6-2)25-45-30-14-12-29(13-15-30)34(37)28-10-8-7-9-11-28/h5-15,26-27,31H,1-2,16-25H2,3-4H3. The molecule has 0 aromatic heterocycles. The maximum atomic E-state index is 12.7. The molecule has 0 spiro atoms. The molecule has 2 rings (SSSR count). The van der Waals surface area contributed by atoms with Crippen LogP contribution < -0.4 is 4.74 Å². The molecule has 0 saturated carbocycles. The molecule has 12 heteroatoms. The zero-order chi connectivity index (χ0) is 33.4. The van der Waals surface area contributed by atoms with Crippen LogP contribution in [0.2, 0.25) is 0 Å². The fraction of sp³-hybridized carbons (Fsp3) is 0.441. The van der Waals surface area contributed by atoms with E-state index in [1.807, 2.05) is 18.2 Å².